The van der Waals surface area contributed by atoms with Crippen LogP contribution in [0.5, 0.6) is 0 Å². The molecule has 1 aromatic heterocycles. The average Bonchev–Trinajstić information content (AvgIpc) is 2.48. The van der Waals surface area contributed by atoms with Crippen molar-refractivity contribution in [1.82, 2.24) is 0 Å². The van der Waals surface area contributed by atoms with Crippen molar-refractivity contribution < 1.29 is 4.79 Å². The van der Waals surface area contributed by atoms with Gasteiger partial charge in [0.15, 0.2) is 0 Å². The van der Waals surface area contributed by atoms with E-state index < -0.39 is 0 Å². The molecule has 0 saturated carbocycles. The maximum atomic E-state index is 11.4. The number of hydrogen-bond acceptors (Lipinski definition) is 2. The molecule has 1 heterocycles. The molecular weight excluding hydrogens is 248 g/mol. The lowest BCUT2D eigenvalue weighted by Gasteiger charge is -1.96. The Morgan fingerprint density at radius 1 is 1.54 bits per heavy atom. The summed E-state index contributed by atoms with van der Waals surface area (Å²) in [4.78, 5) is 12.5. The minimum atomic E-state index is 0.358. The predicted molar refractivity (Wildman–Crippen MR) is 60.3 cm³/mol. The molecule has 0 aliphatic rings. The summed E-state index contributed by atoms with van der Waals surface area (Å²) in [5, 5.41) is 0. The van der Waals surface area contributed by atoms with Gasteiger partial charge >= 0.3 is 0 Å². The predicted octanol–water partition coefficient (Wildman–Crippen LogP) is 3.81. The summed E-state index contributed by atoms with van der Waals surface area (Å²) in [5.41, 5.74) is 0. The highest BCUT2D eigenvalue weighted by Crippen LogP contribution is 2.22. The molecule has 0 aliphatic heterocycles. The highest BCUT2D eigenvalue weighted by molar-refractivity contribution is 9.11. The summed E-state index contributed by atoms with van der Waals surface area (Å²) in [7, 11) is 0. The Morgan fingerprint density at radius 2 is 2.31 bits per heavy atom. The highest BCUT2D eigenvalue weighted by atomic mass is 79.9. The first-order chi connectivity index (χ1) is 6.22. The van der Waals surface area contributed by atoms with E-state index in [4.69, 9.17) is 0 Å². The molecule has 0 bridgehead atoms. The molecule has 72 valence electrons. The van der Waals surface area contributed by atoms with Crippen LogP contribution in [0.1, 0.15) is 31.1 Å². The van der Waals surface area contributed by atoms with Crippen LogP contribution >= 0.6 is 27.3 Å². The maximum Gasteiger partial charge on any atom is 0.138 e. The number of carbonyl (C=O) groups excluding carboxylic acids is 1. The topological polar surface area (TPSA) is 17.1 Å². The van der Waals surface area contributed by atoms with E-state index in [9.17, 15) is 4.79 Å². The van der Waals surface area contributed by atoms with Gasteiger partial charge in [-0.15, -0.1) is 11.3 Å². The smallest absolute Gasteiger partial charge is 0.138 e. The van der Waals surface area contributed by atoms with Crippen molar-refractivity contribution in [3.8, 4) is 0 Å². The second-order valence-corrected chi connectivity index (χ2v) is 5.57. The third kappa shape index (κ3) is 4.05. The lowest BCUT2D eigenvalue weighted by atomic mass is 10.1. The van der Waals surface area contributed by atoms with Crippen LogP contribution < -0.4 is 0 Å². The highest BCUT2D eigenvalue weighted by Gasteiger charge is 2.04. The number of Topliss-reactive ketones (excluding diaryl/α,β-unsaturated/α-hetero) is 1. The van der Waals surface area contributed by atoms with Crippen LogP contribution in [-0.4, -0.2) is 5.78 Å². The molecule has 0 radical (unpaired) electrons. The van der Waals surface area contributed by atoms with Gasteiger partial charge in [0.05, 0.1) is 3.79 Å². The molecule has 13 heavy (non-hydrogen) atoms. The summed E-state index contributed by atoms with van der Waals surface area (Å²) in [6, 6.07) is 4.01. The third-order valence-corrected chi connectivity index (χ3v) is 3.43. The molecule has 1 rings (SSSR count). The van der Waals surface area contributed by atoms with E-state index in [1.54, 1.807) is 11.3 Å². The minimum Gasteiger partial charge on any atom is -0.299 e. The zero-order valence-corrected chi connectivity index (χ0v) is 10.1. The van der Waals surface area contributed by atoms with Crippen molar-refractivity contribution in [3.63, 3.8) is 0 Å². The molecular formula is C10H13BrOS. The zero-order chi connectivity index (χ0) is 9.68. The number of halogens is 1. The van der Waals surface area contributed by atoms with Crippen LogP contribution in [0.3, 0.4) is 0 Å². The Morgan fingerprint density at radius 3 is 2.85 bits per heavy atom. The van der Waals surface area contributed by atoms with Crippen LogP contribution in [0.25, 0.3) is 0 Å². The van der Waals surface area contributed by atoms with Crippen LogP contribution in [0, 0.1) is 0 Å². The van der Waals surface area contributed by atoms with Crippen LogP contribution in [-0.2, 0) is 11.2 Å². The molecule has 0 atom stereocenters. The van der Waals surface area contributed by atoms with E-state index in [-0.39, 0.29) is 0 Å². The van der Waals surface area contributed by atoms with Gasteiger partial charge in [-0.2, -0.15) is 0 Å². The van der Waals surface area contributed by atoms with E-state index in [1.807, 2.05) is 12.1 Å². The van der Waals surface area contributed by atoms with Gasteiger partial charge in [0, 0.05) is 17.7 Å². The van der Waals surface area contributed by atoms with Gasteiger partial charge in [-0.3, -0.25) is 4.79 Å². The Bertz CT molecular complexity index is 280. The second-order valence-electron chi connectivity index (χ2n) is 3.02. The molecule has 0 fully saturated rings. The number of carbonyl (C=O) groups is 1. The van der Waals surface area contributed by atoms with Gasteiger partial charge in [-0.05, 0) is 34.5 Å². The first kappa shape index (κ1) is 10.9. The summed E-state index contributed by atoms with van der Waals surface area (Å²) >= 11 is 5.03. The Hall–Kier alpha value is -0.150. The summed E-state index contributed by atoms with van der Waals surface area (Å²) in [5.74, 6) is 0.358. The van der Waals surface area contributed by atoms with Gasteiger partial charge < -0.3 is 0 Å². The maximum absolute atomic E-state index is 11.4. The quantitative estimate of drug-likeness (QED) is 0.787. The van der Waals surface area contributed by atoms with Gasteiger partial charge in [0.1, 0.15) is 5.78 Å². The summed E-state index contributed by atoms with van der Waals surface area (Å²) < 4.78 is 1.10. The van der Waals surface area contributed by atoms with Crippen molar-refractivity contribution >= 4 is 33.0 Å². The monoisotopic (exact) mass is 260 g/mol. The Kier molecular flexibility index (Phi) is 4.67. The number of unbranched alkanes of at least 4 members (excludes halogenated alkanes) is 1. The molecule has 0 aromatic carbocycles. The van der Waals surface area contributed by atoms with Crippen molar-refractivity contribution in [3.05, 3.63) is 20.8 Å². The molecule has 0 unspecified atom stereocenters. The molecule has 3 heteroatoms. The molecule has 0 saturated heterocycles. The third-order valence-electron chi connectivity index (χ3n) is 1.81. The first-order valence-electron chi connectivity index (χ1n) is 4.48. The number of hydrogen-bond donors (Lipinski definition) is 0. The SMILES string of the molecule is CCCCC(=O)Cc1ccc(Br)s1. The minimum absolute atomic E-state index is 0.358. The molecule has 0 spiro atoms. The molecule has 0 aliphatic carbocycles. The van der Waals surface area contributed by atoms with Crippen LogP contribution in [0.2, 0.25) is 0 Å². The second kappa shape index (κ2) is 5.55. The van der Waals surface area contributed by atoms with E-state index in [0.29, 0.717) is 12.2 Å². The van der Waals surface area contributed by atoms with Crippen molar-refractivity contribution in [2.24, 2.45) is 0 Å². The molecule has 0 amide bonds. The average molecular weight is 261 g/mol. The molecule has 0 N–H and O–H groups in total. The van der Waals surface area contributed by atoms with Gasteiger partial charge in [-0.1, -0.05) is 13.3 Å². The molecule has 1 nitrogen and oxygen atoms in total. The molecule has 1 aromatic rings. The van der Waals surface area contributed by atoms with Crippen molar-refractivity contribution in [2.45, 2.75) is 32.6 Å². The lowest BCUT2D eigenvalue weighted by Crippen LogP contribution is -2.00. The van der Waals surface area contributed by atoms with Crippen molar-refractivity contribution in [1.29, 1.82) is 0 Å². The van der Waals surface area contributed by atoms with Gasteiger partial charge in [0.25, 0.3) is 0 Å². The van der Waals surface area contributed by atoms with E-state index >= 15 is 0 Å². The van der Waals surface area contributed by atoms with E-state index in [1.165, 1.54) is 0 Å². The Labute approximate surface area is 91.3 Å². The van der Waals surface area contributed by atoms with E-state index in [2.05, 4.69) is 22.9 Å². The zero-order valence-electron chi connectivity index (χ0n) is 7.68. The standard InChI is InChI=1S/C10H13BrOS/c1-2-3-4-8(12)7-9-5-6-10(11)13-9/h5-6H,2-4,7H2,1H3. The van der Waals surface area contributed by atoms with Crippen LogP contribution in [0.15, 0.2) is 15.9 Å². The Balaban J connectivity index is 2.36. The fourth-order valence-electron chi connectivity index (χ4n) is 1.10. The van der Waals surface area contributed by atoms with Crippen molar-refractivity contribution in [2.75, 3.05) is 0 Å². The lowest BCUT2D eigenvalue weighted by molar-refractivity contribution is -0.118. The number of rotatable bonds is 5. The number of ketones is 1. The van der Waals surface area contributed by atoms with Gasteiger partial charge in [0.2, 0.25) is 0 Å². The summed E-state index contributed by atoms with van der Waals surface area (Å²) in [6.45, 7) is 2.11. The summed E-state index contributed by atoms with van der Waals surface area (Å²) in [6.07, 6.45) is 3.45. The first-order valence-corrected chi connectivity index (χ1v) is 6.09. The fourth-order valence-corrected chi connectivity index (χ4v) is 2.62. The largest absolute Gasteiger partial charge is 0.299 e. The normalized spacial score (nSPS) is 10.3. The van der Waals surface area contributed by atoms with E-state index in [0.717, 1.165) is 27.9 Å². The van der Waals surface area contributed by atoms with Gasteiger partial charge in [-0.25, -0.2) is 0 Å². The fraction of sp³-hybridized carbons (Fsp3) is 0.500. The number of thiophene rings is 1. The van der Waals surface area contributed by atoms with Crippen LogP contribution in [0.4, 0.5) is 0 Å².